The number of rotatable bonds is 9. The third kappa shape index (κ3) is 6.07. The summed E-state index contributed by atoms with van der Waals surface area (Å²) in [4.78, 5) is 12.4. The van der Waals surface area contributed by atoms with Gasteiger partial charge in [0, 0.05) is 25.0 Å². The van der Waals surface area contributed by atoms with Crippen LogP contribution in [0.5, 0.6) is 0 Å². The number of sulfonamides is 1. The number of hydrogen-bond donors (Lipinski definition) is 3. The summed E-state index contributed by atoms with van der Waals surface area (Å²) in [6.45, 7) is 3.05. The number of carbonyl (C=O) groups excluding carboxylic acids is 1. The van der Waals surface area contributed by atoms with E-state index in [0.717, 1.165) is 0 Å². The van der Waals surface area contributed by atoms with Gasteiger partial charge >= 0.3 is 0 Å². The monoisotopic (exact) mass is 424 g/mol. The van der Waals surface area contributed by atoms with E-state index in [0.29, 0.717) is 11.3 Å². The number of ether oxygens (including phenoxy) is 1. The minimum Gasteiger partial charge on any atom is -0.396 e. The number of aryl methyl sites for hydroxylation is 1. The van der Waals surface area contributed by atoms with Crippen molar-refractivity contribution in [3.8, 4) is 0 Å². The van der Waals surface area contributed by atoms with Gasteiger partial charge in [-0.05, 0) is 62.2 Å². The SMILES string of the molecule is COCC(C)(CCO)NS(=O)(=O)c1cccc(C(=O)Nc2ccc(F)c(C)c2)c1. The molecule has 0 spiro atoms. The highest BCUT2D eigenvalue weighted by atomic mass is 32.2. The molecule has 7 nitrogen and oxygen atoms in total. The molecule has 0 aromatic heterocycles. The van der Waals surface area contributed by atoms with E-state index in [1.165, 1.54) is 49.6 Å². The van der Waals surface area contributed by atoms with Gasteiger partial charge in [0.2, 0.25) is 10.0 Å². The molecule has 0 saturated carbocycles. The Hall–Kier alpha value is -2.33. The average Bonchev–Trinajstić information content (AvgIpc) is 2.64. The molecule has 3 N–H and O–H groups in total. The molecule has 9 heteroatoms. The van der Waals surface area contributed by atoms with Crippen LogP contribution in [-0.4, -0.2) is 45.3 Å². The number of aliphatic hydroxyl groups excluding tert-OH is 1. The Labute approximate surface area is 170 Å². The predicted octanol–water partition coefficient (Wildman–Crippen LogP) is 2.45. The number of amides is 1. The van der Waals surface area contributed by atoms with Crippen LogP contribution in [0, 0.1) is 12.7 Å². The summed E-state index contributed by atoms with van der Waals surface area (Å²) in [5, 5.41) is 11.8. The fourth-order valence-electron chi connectivity index (χ4n) is 2.83. The van der Waals surface area contributed by atoms with E-state index in [1.54, 1.807) is 13.8 Å². The van der Waals surface area contributed by atoms with Crippen molar-refractivity contribution >= 4 is 21.6 Å². The van der Waals surface area contributed by atoms with Crippen LogP contribution in [0.2, 0.25) is 0 Å². The summed E-state index contributed by atoms with van der Waals surface area (Å²) in [6.07, 6.45) is 0.157. The minimum absolute atomic E-state index is 0.0664. The lowest BCUT2D eigenvalue weighted by Crippen LogP contribution is -2.49. The maximum absolute atomic E-state index is 13.4. The molecule has 1 amide bonds. The fourth-order valence-corrected chi connectivity index (χ4v) is 4.30. The first kappa shape index (κ1) is 23.0. The van der Waals surface area contributed by atoms with Crippen LogP contribution in [-0.2, 0) is 14.8 Å². The largest absolute Gasteiger partial charge is 0.396 e. The molecule has 0 saturated heterocycles. The summed E-state index contributed by atoms with van der Waals surface area (Å²) in [7, 11) is -2.54. The number of hydrogen-bond acceptors (Lipinski definition) is 5. The summed E-state index contributed by atoms with van der Waals surface area (Å²) >= 11 is 0. The minimum atomic E-state index is -3.97. The zero-order chi connectivity index (χ0) is 21.7. The van der Waals surface area contributed by atoms with E-state index in [2.05, 4.69) is 10.0 Å². The van der Waals surface area contributed by atoms with Gasteiger partial charge in [0.25, 0.3) is 5.91 Å². The molecule has 0 bridgehead atoms. The summed E-state index contributed by atoms with van der Waals surface area (Å²) in [6, 6.07) is 9.71. The third-order valence-electron chi connectivity index (χ3n) is 4.33. The zero-order valence-electron chi connectivity index (χ0n) is 16.5. The molecule has 0 fully saturated rings. The molecule has 2 rings (SSSR count). The van der Waals surface area contributed by atoms with Crippen molar-refractivity contribution < 1.29 is 27.4 Å². The van der Waals surface area contributed by atoms with Crippen molar-refractivity contribution in [3.63, 3.8) is 0 Å². The highest BCUT2D eigenvalue weighted by molar-refractivity contribution is 7.89. The van der Waals surface area contributed by atoms with Gasteiger partial charge < -0.3 is 15.2 Å². The van der Waals surface area contributed by atoms with Crippen molar-refractivity contribution in [2.75, 3.05) is 25.6 Å². The lowest BCUT2D eigenvalue weighted by Gasteiger charge is -2.29. The Morgan fingerprint density at radius 1 is 1.24 bits per heavy atom. The molecular weight excluding hydrogens is 399 g/mol. The fraction of sp³-hybridized carbons (Fsp3) is 0.350. The second kappa shape index (κ2) is 9.45. The highest BCUT2D eigenvalue weighted by Gasteiger charge is 2.30. The van der Waals surface area contributed by atoms with Crippen molar-refractivity contribution in [2.24, 2.45) is 0 Å². The Kier molecular flexibility index (Phi) is 7.48. The number of aliphatic hydroxyl groups is 1. The standard InChI is InChI=1S/C20H25FN2O5S/c1-14-11-16(7-8-18(14)21)22-19(25)15-5-4-6-17(12-15)29(26,27)23-20(2,9-10-24)13-28-3/h4-8,11-12,23-24H,9-10,13H2,1-3H3,(H,22,25). The van der Waals surface area contributed by atoms with Crippen LogP contribution in [0.1, 0.15) is 29.3 Å². The summed E-state index contributed by atoms with van der Waals surface area (Å²) in [5.74, 6) is -0.910. The van der Waals surface area contributed by atoms with E-state index in [-0.39, 0.29) is 35.9 Å². The van der Waals surface area contributed by atoms with Crippen LogP contribution in [0.3, 0.4) is 0 Å². The highest BCUT2D eigenvalue weighted by Crippen LogP contribution is 2.19. The normalized spacial score (nSPS) is 13.7. The van der Waals surface area contributed by atoms with E-state index < -0.39 is 21.5 Å². The van der Waals surface area contributed by atoms with Gasteiger partial charge in [-0.25, -0.2) is 17.5 Å². The van der Waals surface area contributed by atoms with Gasteiger partial charge in [-0.2, -0.15) is 0 Å². The van der Waals surface area contributed by atoms with E-state index in [1.807, 2.05) is 0 Å². The summed E-state index contributed by atoms with van der Waals surface area (Å²) < 4.78 is 46.5. The van der Waals surface area contributed by atoms with Gasteiger partial charge in [-0.3, -0.25) is 4.79 Å². The Bertz CT molecular complexity index is 973. The Morgan fingerprint density at radius 3 is 2.59 bits per heavy atom. The van der Waals surface area contributed by atoms with Crippen molar-refractivity contribution in [3.05, 3.63) is 59.4 Å². The molecule has 0 radical (unpaired) electrons. The smallest absolute Gasteiger partial charge is 0.255 e. The van der Waals surface area contributed by atoms with Crippen LogP contribution in [0.25, 0.3) is 0 Å². The Morgan fingerprint density at radius 2 is 1.97 bits per heavy atom. The van der Waals surface area contributed by atoms with Crippen LogP contribution < -0.4 is 10.0 Å². The predicted molar refractivity (Wildman–Crippen MR) is 108 cm³/mol. The molecule has 2 aromatic rings. The van der Waals surface area contributed by atoms with Gasteiger partial charge in [-0.15, -0.1) is 0 Å². The molecule has 0 aliphatic heterocycles. The maximum Gasteiger partial charge on any atom is 0.255 e. The second-order valence-electron chi connectivity index (χ2n) is 7.02. The van der Waals surface area contributed by atoms with Crippen molar-refractivity contribution in [1.82, 2.24) is 4.72 Å². The molecule has 158 valence electrons. The number of benzene rings is 2. The van der Waals surface area contributed by atoms with Crippen molar-refractivity contribution in [1.29, 1.82) is 0 Å². The number of halogens is 1. The molecule has 0 aliphatic carbocycles. The molecule has 29 heavy (non-hydrogen) atoms. The van der Waals surface area contributed by atoms with Gasteiger partial charge in [-0.1, -0.05) is 6.07 Å². The molecule has 1 atom stereocenters. The number of methoxy groups -OCH3 is 1. The van der Waals surface area contributed by atoms with Crippen LogP contribution >= 0.6 is 0 Å². The summed E-state index contributed by atoms with van der Waals surface area (Å²) in [5.41, 5.74) is -0.0994. The van der Waals surface area contributed by atoms with Gasteiger partial charge in [0.15, 0.2) is 0 Å². The average molecular weight is 424 g/mol. The Balaban J connectivity index is 2.24. The van der Waals surface area contributed by atoms with Crippen molar-refractivity contribution in [2.45, 2.75) is 30.7 Å². The second-order valence-corrected chi connectivity index (χ2v) is 8.70. The lowest BCUT2D eigenvalue weighted by molar-refractivity contribution is 0.102. The van der Waals surface area contributed by atoms with E-state index in [4.69, 9.17) is 4.74 Å². The molecule has 1 unspecified atom stereocenters. The van der Waals surface area contributed by atoms with Gasteiger partial charge in [0.1, 0.15) is 5.82 Å². The van der Waals surface area contributed by atoms with Gasteiger partial charge in [0.05, 0.1) is 17.0 Å². The maximum atomic E-state index is 13.4. The number of carbonyl (C=O) groups is 1. The first-order valence-corrected chi connectivity index (χ1v) is 10.4. The molecule has 2 aromatic carbocycles. The lowest BCUT2D eigenvalue weighted by atomic mass is 10.0. The van der Waals surface area contributed by atoms with E-state index >= 15 is 0 Å². The topological polar surface area (TPSA) is 105 Å². The molecule has 0 heterocycles. The quantitative estimate of drug-likeness (QED) is 0.574. The van der Waals surface area contributed by atoms with Crippen LogP contribution in [0.4, 0.5) is 10.1 Å². The zero-order valence-corrected chi connectivity index (χ0v) is 17.3. The molecule has 0 aliphatic rings. The first-order chi connectivity index (χ1) is 13.6. The number of anilines is 1. The molecular formula is C20H25FN2O5S. The number of nitrogens with one attached hydrogen (secondary N) is 2. The third-order valence-corrected chi connectivity index (χ3v) is 5.97. The van der Waals surface area contributed by atoms with E-state index in [9.17, 15) is 22.7 Å². The first-order valence-electron chi connectivity index (χ1n) is 8.91. The van der Waals surface area contributed by atoms with Crippen LogP contribution in [0.15, 0.2) is 47.4 Å².